The van der Waals surface area contributed by atoms with E-state index in [0.29, 0.717) is 5.82 Å². The van der Waals surface area contributed by atoms with Crippen LogP contribution in [0.15, 0.2) is 110 Å². The van der Waals surface area contributed by atoms with E-state index in [0.717, 1.165) is 22.4 Å². The molecule has 2 aromatic heterocycles. The van der Waals surface area contributed by atoms with E-state index in [1.165, 1.54) is 11.1 Å². The van der Waals surface area contributed by atoms with Gasteiger partial charge in [-0.05, 0) is 30.3 Å². The number of pyridine rings is 1. The minimum atomic E-state index is 0. The van der Waals surface area contributed by atoms with Crippen molar-refractivity contribution >= 4 is 0 Å². The monoisotopic (exact) mass is 592 g/mol. The third-order valence-electron chi connectivity index (χ3n) is 4.62. The molecule has 32 heavy (non-hydrogen) atoms. The van der Waals surface area contributed by atoms with Gasteiger partial charge in [0.15, 0.2) is 0 Å². The molecule has 0 N–H and O–H groups in total. The SMILES string of the molecule is Cc1ccnc(-c2[c-]cccc2)c1.[Ir].[c-]1ccc(-c2ccccc2)cc1-c1ncccn1. The molecule has 0 aliphatic rings. The molecule has 3 nitrogen and oxygen atoms in total. The maximum atomic E-state index is 4.28. The predicted molar refractivity (Wildman–Crippen MR) is 125 cm³/mol. The molecule has 5 aromatic rings. The first-order valence-electron chi connectivity index (χ1n) is 10.0. The summed E-state index contributed by atoms with van der Waals surface area (Å²) in [5, 5.41) is 0. The van der Waals surface area contributed by atoms with Crippen LogP contribution in [0.5, 0.6) is 0 Å². The van der Waals surface area contributed by atoms with Gasteiger partial charge in [-0.3, -0.25) is 9.97 Å². The van der Waals surface area contributed by atoms with Crippen molar-refractivity contribution in [2.24, 2.45) is 0 Å². The van der Waals surface area contributed by atoms with E-state index in [4.69, 9.17) is 0 Å². The van der Waals surface area contributed by atoms with Gasteiger partial charge in [-0.15, -0.1) is 71.3 Å². The van der Waals surface area contributed by atoms with E-state index in [1.807, 2.05) is 72.9 Å². The Bertz CT molecular complexity index is 1170. The fraction of sp³-hybridized carbons (Fsp3) is 0.0357. The van der Waals surface area contributed by atoms with Crippen LogP contribution in [0.4, 0.5) is 0 Å². The van der Waals surface area contributed by atoms with Gasteiger partial charge >= 0.3 is 0 Å². The van der Waals surface area contributed by atoms with Crippen molar-refractivity contribution in [2.45, 2.75) is 6.92 Å². The van der Waals surface area contributed by atoms with Crippen molar-refractivity contribution in [3.05, 3.63) is 127 Å². The van der Waals surface area contributed by atoms with Crippen LogP contribution >= 0.6 is 0 Å². The molecule has 4 heteroatoms. The Kier molecular flexibility index (Phi) is 8.56. The molecule has 1 radical (unpaired) electrons. The zero-order valence-electron chi connectivity index (χ0n) is 17.6. The molecule has 159 valence electrons. The molecule has 0 fully saturated rings. The summed E-state index contributed by atoms with van der Waals surface area (Å²) in [5.41, 5.74) is 6.51. The molecular formula is C28H21IrN3-2. The molecule has 0 saturated heterocycles. The zero-order chi connectivity index (χ0) is 21.3. The number of aromatic nitrogens is 3. The largest absolute Gasteiger partial charge is 0.305 e. The van der Waals surface area contributed by atoms with Crippen LogP contribution in [0.3, 0.4) is 0 Å². The Balaban J connectivity index is 0.000000184. The average Bonchev–Trinajstić information content (AvgIpc) is 2.86. The van der Waals surface area contributed by atoms with E-state index in [-0.39, 0.29) is 20.1 Å². The summed E-state index contributed by atoms with van der Waals surface area (Å²) < 4.78 is 0. The molecule has 3 aromatic carbocycles. The fourth-order valence-corrected chi connectivity index (χ4v) is 3.08. The van der Waals surface area contributed by atoms with Crippen molar-refractivity contribution < 1.29 is 20.1 Å². The number of benzene rings is 3. The van der Waals surface area contributed by atoms with Gasteiger partial charge in [-0.1, -0.05) is 42.0 Å². The molecular weight excluding hydrogens is 571 g/mol. The Hall–Kier alpha value is -3.46. The summed E-state index contributed by atoms with van der Waals surface area (Å²) >= 11 is 0. The predicted octanol–water partition coefficient (Wildman–Crippen LogP) is 6.47. The van der Waals surface area contributed by atoms with Gasteiger partial charge in [0.05, 0.1) is 5.82 Å². The summed E-state index contributed by atoms with van der Waals surface area (Å²) in [6.07, 6.45) is 5.31. The standard InChI is InChI=1S/C16H11N2.C12H10N.Ir/c1-2-6-13(7-3-1)14-8-4-9-15(12-14)16-17-10-5-11-18-16;1-10-7-8-13-12(9-10)11-5-3-2-4-6-11;/h1-8,10-12H;2-5,7-9H,1H3;/q2*-1;. The number of aryl methyl sites for hydroxylation is 1. The molecule has 2 heterocycles. The summed E-state index contributed by atoms with van der Waals surface area (Å²) in [4.78, 5) is 12.8. The van der Waals surface area contributed by atoms with Crippen LogP contribution in [0.1, 0.15) is 5.56 Å². The Labute approximate surface area is 202 Å². The number of hydrogen-bond acceptors (Lipinski definition) is 3. The molecule has 0 saturated carbocycles. The van der Waals surface area contributed by atoms with Crippen LogP contribution in [-0.4, -0.2) is 15.0 Å². The molecule has 0 spiro atoms. The number of hydrogen-bond donors (Lipinski definition) is 0. The first-order valence-corrected chi connectivity index (χ1v) is 10.0. The van der Waals surface area contributed by atoms with Crippen LogP contribution in [0.25, 0.3) is 33.8 Å². The van der Waals surface area contributed by atoms with E-state index in [2.05, 4.69) is 58.3 Å². The van der Waals surface area contributed by atoms with E-state index >= 15 is 0 Å². The second kappa shape index (κ2) is 11.8. The molecule has 0 aliphatic heterocycles. The van der Waals surface area contributed by atoms with Crippen molar-refractivity contribution in [2.75, 3.05) is 0 Å². The average molecular weight is 592 g/mol. The number of nitrogens with zero attached hydrogens (tertiary/aromatic N) is 3. The van der Waals surface area contributed by atoms with E-state index in [9.17, 15) is 0 Å². The molecule has 0 aliphatic carbocycles. The van der Waals surface area contributed by atoms with Gasteiger partial charge in [0.25, 0.3) is 0 Å². The normalized spacial score (nSPS) is 9.78. The smallest absolute Gasteiger partial charge is 0.0748 e. The summed E-state index contributed by atoms with van der Waals surface area (Å²) in [6.45, 7) is 2.06. The van der Waals surface area contributed by atoms with Crippen LogP contribution in [-0.2, 0) is 20.1 Å². The van der Waals surface area contributed by atoms with E-state index < -0.39 is 0 Å². The van der Waals surface area contributed by atoms with Crippen molar-refractivity contribution in [3.63, 3.8) is 0 Å². The summed E-state index contributed by atoms with van der Waals surface area (Å²) in [6, 6.07) is 36.3. The summed E-state index contributed by atoms with van der Waals surface area (Å²) in [7, 11) is 0. The molecule has 5 rings (SSSR count). The Morgan fingerprint density at radius 2 is 1.34 bits per heavy atom. The van der Waals surface area contributed by atoms with Crippen LogP contribution in [0.2, 0.25) is 0 Å². The van der Waals surface area contributed by atoms with Crippen LogP contribution < -0.4 is 0 Å². The van der Waals surface area contributed by atoms with Gasteiger partial charge < -0.3 is 4.98 Å². The van der Waals surface area contributed by atoms with Gasteiger partial charge in [0, 0.05) is 38.7 Å². The van der Waals surface area contributed by atoms with Gasteiger partial charge in [-0.2, -0.15) is 0 Å². The molecule has 0 atom stereocenters. The first-order chi connectivity index (χ1) is 15.3. The molecule has 0 bridgehead atoms. The second-order valence-electron chi connectivity index (χ2n) is 6.92. The zero-order valence-corrected chi connectivity index (χ0v) is 20.0. The van der Waals surface area contributed by atoms with Gasteiger partial charge in [0.2, 0.25) is 0 Å². The third-order valence-corrected chi connectivity index (χ3v) is 4.62. The maximum absolute atomic E-state index is 4.28. The van der Waals surface area contributed by atoms with E-state index in [1.54, 1.807) is 12.4 Å². The third kappa shape index (κ3) is 6.27. The Morgan fingerprint density at radius 1 is 0.594 bits per heavy atom. The minimum absolute atomic E-state index is 0. The van der Waals surface area contributed by atoms with Crippen molar-refractivity contribution in [1.29, 1.82) is 0 Å². The van der Waals surface area contributed by atoms with Crippen LogP contribution in [0, 0.1) is 19.1 Å². The molecule has 0 amide bonds. The maximum Gasteiger partial charge on any atom is 0.0748 e. The topological polar surface area (TPSA) is 38.7 Å². The first kappa shape index (κ1) is 23.2. The minimum Gasteiger partial charge on any atom is -0.305 e. The quantitative estimate of drug-likeness (QED) is 0.226. The molecule has 0 unspecified atom stereocenters. The van der Waals surface area contributed by atoms with Gasteiger partial charge in [0.1, 0.15) is 0 Å². The van der Waals surface area contributed by atoms with Crippen molar-refractivity contribution in [3.8, 4) is 33.8 Å². The fourth-order valence-electron chi connectivity index (χ4n) is 3.08. The van der Waals surface area contributed by atoms with Gasteiger partial charge in [-0.25, -0.2) is 0 Å². The Morgan fingerprint density at radius 3 is 2.06 bits per heavy atom. The second-order valence-corrected chi connectivity index (χ2v) is 6.92. The van der Waals surface area contributed by atoms with Crippen molar-refractivity contribution in [1.82, 2.24) is 15.0 Å². The number of rotatable bonds is 3. The summed E-state index contributed by atoms with van der Waals surface area (Å²) in [5.74, 6) is 0.704.